The van der Waals surface area contributed by atoms with E-state index in [-0.39, 0.29) is 37.2 Å². The van der Waals surface area contributed by atoms with Crippen molar-refractivity contribution in [3.63, 3.8) is 0 Å². The van der Waals surface area contributed by atoms with Crippen molar-refractivity contribution in [1.29, 1.82) is 0 Å². The van der Waals surface area contributed by atoms with Gasteiger partial charge in [0.05, 0.1) is 5.56 Å². The molecule has 1 unspecified atom stereocenters. The topological polar surface area (TPSA) is 75.8 Å². The van der Waals surface area contributed by atoms with Gasteiger partial charge in [-0.1, -0.05) is 24.3 Å². The van der Waals surface area contributed by atoms with Gasteiger partial charge in [0.15, 0.2) is 0 Å². The number of nitrogens with zero attached hydrogens (tertiary/aromatic N) is 1. The van der Waals surface area contributed by atoms with Crippen molar-refractivity contribution < 1.29 is 27.8 Å². The van der Waals surface area contributed by atoms with Crippen LogP contribution in [0, 0.1) is 0 Å². The van der Waals surface area contributed by atoms with Gasteiger partial charge in [0, 0.05) is 25.7 Å². The molecule has 3 N–H and O–H groups in total. The number of carbonyl (C=O) groups excluding carboxylic acids is 1. The molecule has 0 aromatic heterocycles. The number of aliphatic hydroxyl groups excluding tert-OH is 1. The number of halogens is 4. The van der Waals surface area contributed by atoms with E-state index in [1.54, 1.807) is 24.3 Å². The lowest BCUT2D eigenvalue weighted by atomic mass is 10.1. The van der Waals surface area contributed by atoms with E-state index in [9.17, 15) is 23.1 Å². The van der Waals surface area contributed by atoms with Gasteiger partial charge in [-0.3, -0.25) is 4.79 Å². The van der Waals surface area contributed by atoms with E-state index in [1.165, 1.54) is 30.1 Å². The van der Waals surface area contributed by atoms with Crippen LogP contribution < -0.4 is 10.5 Å². The molecule has 154 valence electrons. The van der Waals surface area contributed by atoms with Crippen molar-refractivity contribution in [1.82, 2.24) is 4.90 Å². The first-order chi connectivity index (χ1) is 12.7. The highest BCUT2D eigenvalue weighted by molar-refractivity contribution is 5.94. The predicted octanol–water partition coefficient (Wildman–Crippen LogP) is 3.10. The summed E-state index contributed by atoms with van der Waals surface area (Å²) in [7, 11) is 1.49. The summed E-state index contributed by atoms with van der Waals surface area (Å²) in [6.07, 6.45) is -5.70. The molecule has 0 spiro atoms. The summed E-state index contributed by atoms with van der Waals surface area (Å²) in [5.41, 5.74) is 5.89. The molecule has 1 amide bonds. The van der Waals surface area contributed by atoms with Crippen molar-refractivity contribution in [2.24, 2.45) is 5.73 Å². The van der Waals surface area contributed by atoms with Crippen LogP contribution in [0.4, 0.5) is 13.2 Å². The summed E-state index contributed by atoms with van der Waals surface area (Å²) in [6, 6.07) is 11.5. The lowest BCUT2D eigenvalue weighted by Crippen LogP contribution is -2.37. The van der Waals surface area contributed by atoms with Crippen molar-refractivity contribution >= 4 is 18.3 Å². The number of para-hydroxylation sites is 1. The lowest BCUT2D eigenvalue weighted by molar-refractivity contribution is -0.139. The minimum atomic E-state index is -4.55. The number of nitrogens with two attached hydrogens (primary N) is 1. The summed E-state index contributed by atoms with van der Waals surface area (Å²) >= 11 is 0. The molecule has 0 bridgehead atoms. The number of hydrogen-bond donors (Lipinski definition) is 2. The number of aliphatic hydroxyl groups is 1. The van der Waals surface area contributed by atoms with Gasteiger partial charge >= 0.3 is 6.18 Å². The molecule has 28 heavy (non-hydrogen) atoms. The molecule has 0 radical (unpaired) electrons. The van der Waals surface area contributed by atoms with E-state index in [1.807, 2.05) is 0 Å². The minimum absolute atomic E-state index is 0. The van der Waals surface area contributed by atoms with Crippen molar-refractivity contribution in [3.05, 3.63) is 65.2 Å². The molecule has 0 aliphatic rings. The number of carbonyl (C=O) groups is 1. The number of alkyl halides is 3. The van der Waals surface area contributed by atoms with Gasteiger partial charge in [-0.25, -0.2) is 0 Å². The fourth-order valence-corrected chi connectivity index (χ4v) is 2.47. The summed E-state index contributed by atoms with van der Waals surface area (Å²) in [4.78, 5) is 13.6. The molecule has 2 rings (SSSR count). The largest absolute Gasteiger partial charge is 0.490 e. The van der Waals surface area contributed by atoms with Gasteiger partial charge in [0.2, 0.25) is 0 Å². The first kappa shape index (κ1) is 23.7. The van der Waals surface area contributed by atoms with Gasteiger partial charge in [0.25, 0.3) is 5.91 Å². The Balaban J connectivity index is 0.00000392. The molecule has 0 fully saturated rings. The number of hydrogen-bond acceptors (Lipinski definition) is 4. The summed E-state index contributed by atoms with van der Waals surface area (Å²) in [5, 5.41) is 10.0. The van der Waals surface area contributed by atoms with Crippen LogP contribution in [0.3, 0.4) is 0 Å². The molecular formula is C19H22ClF3N2O3. The number of benzene rings is 2. The molecule has 0 saturated heterocycles. The van der Waals surface area contributed by atoms with E-state index in [0.29, 0.717) is 12.1 Å². The SMILES string of the molecule is CN(CC(O)COc1ccccc1C(F)(F)F)C(=O)c1ccc(CN)cc1.Cl. The zero-order chi connectivity index (χ0) is 20.0. The maximum atomic E-state index is 12.9. The lowest BCUT2D eigenvalue weighted by Gasteiger charge is -2.22. The Kier molecular flexibility index (Phi) is 8.74. The molecule has 0 heterocycles. The number of ether oxygens (including phenoxy) is 1. The molecule has 2 aromatic carbocycles. The molecule has 2 aromatic rings. The Hall–Kier alpha value is -2.29. The molecule has 9 heteroatoms. The van der Waals surface area contributed by atoms with Crippen LogP contribution in [0.2, 0.25) is 0 Å². The maximum Gasteiger partial charge on any atom is 0.419 e. The number of rotatable bonds is 7. The third-order valence-electron chi connectivity index (χ3n) is 3.89. The Morgan fingerprint density at radius 1 is 1.18 bits per heavy atom. The van der Waals surface area contributed by atoms with Gasteiger partial charge in [-0.15, -0.1) is 12.4 Å². The van der Waals surface area contributed by atoms with Crippen LogP contribution >= 0.6 is 12.4 Å². The van der Waals surface area contributed by atoms with Gasteiger partial charge in [-0.05, 0) is 29.8 Å². The highest BCUT2D eigenvalue weighted by Gasteiger charge is 2.34. The molecule has 0 aliphatic heterocycles. The fourth-order valence-electron chi connectivity index (χ4n) is 2.47. The monoisotopic (exact) mass is 418 g/mol. The van der Waals surface area contributed by atoms with Crippen LogP contribution in [0.25, 0.3) is 0 Å². The van der Waals surface area contributed by atoms with Gasteiger partial charge < -0.3 is 20.5 Å². The second kappa shape index (κ2) is 10.3. The van der Waals surface area contributed by atoms with E-state index in [4.69, 9.17) is 10.5 Å². The Bertz CT molecular complexity index is 770. The Morgan fingerprint density at radius 2 is 1.79 bits per heavy atom. The third-order valence-corrected chi connectivity index (χ3v) is 3.89. The smallest absolute Gasteiger partial charge is 0.419 e. The van der Waals surface area contributed by atoms with Crippen LogP contribution in [0.15, 0.2) is 48.5 Å². The molecule has 0 aliphatic carbocycles. The number of amides is 1. The maximum absolute atomic E-state index is 12.9. The Morgan fingerprint density at radius 3 is 2.36 bits per heavy atom. The summed E-state index contributed by atoms with van der Waals surface area (Å²) in [6.45, 7) is -0.109. The minimum Gasteiger partial charge on any atom is -0.490 e. The average Bonchev–Trinajstić information content (AvgIpc) is 2.65. The second-order valence-electron chi connectivity index (χ2n) is 6.05. The normalized spacial score (nSPS) is 12.1. The van der Waals surface area contributed by atoms with E-state index in [0.717, 1.165) is 11.6 Å². The van der Waals surface area contributed by atoms with Crippen LogP contribution in [0.5, 0.6) is 5.75 Å². The highest BCUT2D eigenvalue weighted by atomic mass is 35.5. The zero-order valence-electron chi connectivity index (χ0n) is 15.1. The van der Waals surface area contributed by atoms with Crippen LogP contribution in [-0.4, -0.2) is 42.2 Å². The van der Waals surface area contributed by atoms with Crippen LogP contribution in [0.1, 0.15) is 21.5 Å². The summed E-state index contributed by atoms with van der Waals surface area (Å²) in [5.74, 6) is -0.691. The van der Waals surface area contributed by atoms with Crippen LogP contribution in [-0.2, 0) is 12.7 Å². The highest BCUT2D eigenvalue weighted by Crippen LogP contribution is 2.35. The standard InChI is InChI=1S/C19H21F3N2O3.ClH/c1-24(18(26)14-8-6-13(10-23)7-9-14)11-15(25)12-27-17-5-3-2-4-16(17)19(20,21)22;/h2-9,15,25H,10-12,23H2,1H3;1H. The third kappa shape index (κ3) is 6.40. The van der Waals surface area contributed by atoms with Crippen molar-refractivity contribution in [2.45, 2.75) is 18.8 Å². The molecule has 5 nitrogen and oxygen atoms in total. The van der Waals surface area contributed by atoms with E-state index >= 15 is 0 Å². The zero-order valence-corrected chi connectivity index (χ0v) is 16.0. The van der Waals surface area contributed by atoms with Crippen molar-refractivity contribution in [3.8, 4) is 5.75 Å². The quantitative estimate of drug-likeness (QED) is 0.724. The van der Waals surface area contributed by atoms with E-state index in [2.05, 4.69) is 0 Å². The average molecular weight is 419 g/mol. The van der Waals surface area contributed by atoms with Gasteiger partial charge in [0.1, 0.15) is 18.5 Å². The fraction of sp³-hybridized carbons (Fsp3) is 0.316. The predicted molar refractivity (Wildman–Crippen MR) is 101 cm³/mol. The second-order valence-corrected chi connectivity index (χ2v) is 6.05. The molecule has 1 atom stereocenters. The molecule has 0 saturated carbocycles. The van der Waals surface area contributed by atoms with E-state index < -0.39 is 17.8 Å². The summed E-state index contributed by atoms with van der Waals surface area (Å²) < 4.78 is 43.9. The number of likely N-dealkylation sites (N-methyl/N-ethyl adjacent to an activating group) is 1. The van der Waals surface area contributed by atoms with Crippen molar-refractivity contribution in [2.75, 3.05) is 20.2 Å². The van der Waals surface area contributed by atoms with Gasteiger partial charge in [-0.2, -0.15) is 13.2 Å². The Labute approximate surface area is 167 Å². The first-order valence-electron chi connectivity index (χ1n) is 8.24. The first-order valence-corrected chi connectivity index (χ1v) is 8.24. The molecular weight excluding hydrogens is 397 g/mol.